The van der Waals surface area contributed by atoms with Crippen LogP contribution in [0.25, 0.3) is 33.4 Å². The zero-order valence-corrected chi connectivity index (χ0v) is 32.7. The topological polar surface area (TPSA) is 79.9 Å². The van der Waals surface area contributed by atoms with E-state index in [1.165, 1.54) is 0 Å². The average molecular weight is 1060 g/mol. The number of hydrogen-bond acceptors (Lipinski definition) is 6. The number of pyridine rings is 4. The second-order valence-electron chi connectivity index (χ2n) is 10.5. The van der Waals surface area contributed by atoms with Crippen molar-refractivity contribution in [2.75, 3.05) is 0 Å². The maximum absolute atomic E-state index is 6.57. The molecule has 0 amide bonds. The molecule has 6 aromatic heterocycles. The van der Waals surface area contributed by atoms with Gasteiger partial charge < -0.3 is 66.8 Å². The molecule has 54 heavy (non-hydrogen) atoms. The van der Waals surface area contributed by atoms with Crippen LogP contribution in [0.5, 0.6) is 23.3 Å². The summed E-state index contributed by atoms with van der Waals surface area (Å²) in [6.45, 7) is 0. The first-order valence-corrected chi connectivity index (χ1v) is 15.8. The average Bonchev–Trinajstić information content (AvgIpc) is 3.95. The Morgan fingerprint density at radius 1 is 0.500 bits per heavy atom. The molecule has 270 valence electrons. The van der Waals surface area contributed by atoms with Gasteiger partial charge in [-0.2, -0.15) is 12.1 Å². The van der Waals surface area contributed by atoms with Gasteiger partial charge in [0.15, 0.2) is 0 Å². The fourth-order valence-electron chi connectivity index (χ4n) is 4.61. The van der Waals surface area contributed by atoms with Gasteiger partial charge in [0.05, 0.1) is 0 Å². The second-order valence-corrected chi connectivity index (χ2v) is 10.5. The molecule has 0 aliphatic rings. The molecule has 2 aromatic carbocycles. The van der Waals surface area contributed by atoms with Gasteiger partial charge in [0.25, 0.3) is 0 Å². The standard InChI is InChI=1S/C32H18N4O2.2C6H4N.2Pt/c1-3-25(19-29(5-1)37-31-21-27(11-17-35-31)23-7-13-33-14-8-23)26-4-2-6-30(20-26)38-32-22-28(12-18-36-32)24-9-15-34-16-10-24;2*1-2-7-5-3-4-6-7;;/h1-2,5-18,21-22H;2*3-6H;;/q-4;2*-1;;. The fraction of sp³-hybridized carbons (Fsp3) is 0. The zero-order chi connectivity index (χ0) is 35.8. The van der Waals surface area contributed by atoms with Crippen LogP contribution in [0.15, 0.2) is 159 Å². The molecule has 6 heterocycles. The molecule has 0 spiro atoms. The third-order valence-electron chi connectivity index (χ3n) is 7.06. The fourth-order valence-corrected chi connectivity index (χ4v) is 4.61. The first-order chi connectivity index (χ1) is 25.7. The van der Waals surface area contributed by atoms with Crippen LogP contribution >= 0.6 is 0 Å². The van der Waals surface area contributed by atoms with E-state index < -0.39 is 0 Å². The summed E-state index contributed by atoms with van der Waals surface area (Å²) in [5.74, 6) is 1.91. The minimum absolute atomic E-state index is 0. The Hall–Kier alpha value is -6.30. The van der Waals surface area contributed by atoms with E-state index in [1.54, 1.807) is 95.4 Å². The molecule has 0 N–H and O–H groups in total. The number of hydrogen-bond donors (Lipinski definition) is 0. The SMILES string of the molecule is [C-]#Cn1cccc1.[C-]#Cn1cccc1.[Pt].[Pt].[c-]1ccc(Oc2cc(-c3ccncc3)ccn2)[c-]c1-c1[c-]ccc(Oc2cc(-c3ccncc3)ccn2)[c-]1. The molecule has 0 fully saturated rings. The van der Waals surface area contributed by atoms with Crippen LogP contribution in [-0.4, -0.2) is 29.1 Å². The predicted molar refractivity (Wildman–Crippen MR) is 196 cm³/mol. The molecule has 0 aliphatic carbocycles. The van der Waals surface area contributed by atoms with Gasteiger partial charge in [0.1, 0.15) is 0 Å². The van der Waals surface area contributed by atoms with E-state index in [2.05, 4.69) is 56.3 Å². The Kier molecular flexibility index (Phi) is 15.9. The molecule has 0 unspecified atom stereocenters. The van der Waals surface area contributed by atoms with Crippen LogP contribution < -0.4 is 9.47 Å². The van der Waals surface area contributed by atoms with Crippen molar-refractivity contribution in [3.63, 3.8) is 0 Å². The van der Waals surface area contributed by atoms with Crippen LogP contribution in [0.2, 0.25) is 0 Å². The van der Waals surface area contributed by atoms with E-state index in [-0.39, 0.29) is 42.1 Å². The van der Waals surface area contributed by atoms with E-state index in [9.17, 15) is 0 Å². The van der Waals surface area contributed by atoms with Gasteiger partial charge in [-0.3, -0.25) is 22.1 Å². The van der Waals surface area contributed by atoms with Gasteiger partial charge in [-0.05, 0) is 82.9 Å². The number of aromatic nitrogens is 6. The Morgan fingerprint density at radius 2 is 0.870 bits per heavy atom. The van der Waals surface area contributed by atoms with Gasteiger partial charge in [0, 0.05) is 116 Å². The van der Waals surface area contributed by atoms with Crippen LogP contribution in [-0.2, 0) is 42.1 Å². The van der Waals surface area contributed by atoms with Gasteiger partial charge in [-0.25, -0.2) is 22.1 Å². The monoisotopic (exact) mass is 1060 g/mol. The second kappa shape index (κ2) is 21.3. The maximum Gasteiger partial charge on any atom is 0.216 e. The molecule has 8 aromatic rings. The van der Waals surface area contributed by atoms with Crippen molar-refractivity contribution >= 4 is 0 Å². The van der Waals surface area contributed by atoms with Crippen molar-refractivity contribution in [1.29, 1.82) is 0 Å². The summed E-state index contributed by atoms with van der Waals surface area (Å²) >= 11 is 0. The number of rotatable bonds is 7. The van der Waals surface area contributed by atoms with Crippen molar-refractivity contribution in [3.8, 4) is 68.7 Å². The van der Waals surface area contributed by atoms with Crippen molar-refractivity contribution in [1.82, 2.24) is 29.1 Å². The quantitative estimate of drug-likeness (QED) is 0.117. The smallest absolute Gasteiger partial charge is 0.216 e. The number of ether oxygens (including phenoxy) is 2. The largest absolute Gasteiger partial charge is 0.669 e. The normalized spacial score (nSPS) is 9.52. The summed E-state index contributed by atoms with van der Waals surface area (Å²) in [6, 6.07) is 47.0. The molecule has 0 saturated carbocycles. The zero-order valence-electron chi connectivity index (χ0n) is 28.1. The summed E-state index contributed by atoms with van der Waals surface area (Å²) < 4.78 is 15.1. The Balaban J connectivity index is 0.000000340. The molecule has 0 bridgehead atoms. The summed E-state index contributed by atoms with van der Waals surface area (Å²) in [5.41, 5.74) is 5.29. The van der Waals surface area contributed by atoms with Gasteiger partial charge in [-0.15, -0.1) is 0 Å². The molecule has 10 heteroatoms. The van der Waals surface area contributed by atoms with Crippen molar-refractivity contribution in [2.24, 2.45) is 0 Å². The van der Waals surface area contributed by atoms with Crippen molar-refractivity contribution in [3.05, 3.63) is 196 Å². The molecular weight excluding hydrogens is 1030 g/mol. The van der Waals surface area contributed by atoms with Crippen LogP contribution in [0.3, 0.4) is 0 Å². The van der Waals surface area contributed by atoms with Crippen LogP contribution in [0.1, 0.15) is 0 Å². The summed E-state index contributed by atoms with van der Waals surface area (Å²) in [7, 11) is 0. The van der Waals surface area contributed by atoms with E-state index in [4.69, 9.17) is 22.3 Å². The van der Waals surface area contributed by atoms with E-state index in [0.717, 1.165) is 22.3 Å². The van der Waals surface area contributed by atoms with Crippen molar-refractivity contribution in [2.45, 2.75) is 0 Å². The minimum Gasteiger partial charge on any atom is -0.669 e. The molecular formula is C44H26N6O2Pt2-6. The molecule has 0 aliphatic heterocycles. The van der Waals surface area contributed by atoms with E-state index >= 15 is 0 Å². The Bertz CT molecular complexity index is 2220. The van der Waals surface area contributed by atoms with E-state index in [1.807, 2.05) is 72.8 Å². The molecule has 0 saturated heterocycles. The van der Waals surface area contributed by atoms with Crippen LogP contribution in [0, 0.1) is 49.2 Å². The minimum atomic E-state index is 0. The third kappa shape index (κ3) is 11.9. The summed E-state index contributed by atoms with van der Waals surface area (Å²) in [5, 5.41) is 0. The van der Waals surface area contributed by atoms with Crippen LogP contribution in [0.4, 0.5) is 0 Å². The Labute approximate surface area is 343 Å². The molecule has 8 rings (SSSR count). The van der Waals surface area contributed by atoms with Gasteiger partial charge in [0.2, 0.25) is 11.8 Å². The first-order valence-electron chi connectivity index (χ1n) is 15.8. The number of nitrogens with zero attached hydrogens (tertiary/aromatic N) is 6. The van der Waals surface area contributed by atoms with Crippen molar-refractivity contribution < 1.29 is 51.6 Å². The summed E-state index contributed by atoms with van der Waals surface area (Å²) in [6.07, 6.45) is 30.6. The molecule has 8 nitrogen and oxygen atoms in total. The third-order valence-corrected chi connectivity index (χ3v) is 7.06. The van der Waals surface area contributed by atoms with Gasteiger partial charge >= 0.3 is 0 Å². The number of benzene rings is 2. The first kappa shape index (κ1) is 40.5. The van der Waals surface area contributed by atoms with E-state index in [0.29, 0.717) is 34.4 Å². The Morgan fingerprint density at radius 3 is 1.22 bits per heavy atom. The molecule has 0 atom stereocenters. The molecule has 0 radical (unpaired) electrons. The van der Waals surface area contributed by atoms with Gasteiger partial charge in [-0.1, -0.05) is 11.5 Å². The summed E-state index contributed by atoms with van der Waals surface area (Å²) in [4.78, 5) is 16.8. The predicted octanol–water partition coefficient (Wildman–Crippen LogP) is 8.81. The maximum atomic E-state index is 6.57.